The fraction of sp³-hybridized carbons (Fsp3) is 0.250. The first kappa shape index (κ1) is 12.0. The van der Waals surface area contributed by atoms with E-state index in [-0.39, 0.29) is 0 Å². The Kier molecular flexibility index (Phi) is 4.06. The van der Waals surface area contributed by atoms with Gasteiger partial charge in [0, 0.05) is 29.5 Å². The van der Waals surface area contributed by atoms with Gasteiger partial charge in [0.25, 0.3) is 0 Å². The average molecular weight is 250 g/mol. The van der Waals surface area contributed by atoms with Gasteiger partial charge in [0.1, 0.15) is 6.61 Å². The van der Waals surface area contributed by atoms with Crippen molar-refractivity contribution >= 4 is 17.4 Å². The number of ether oxygens (including phenoxy) is 1. The van der Waals surface area contributed by atoms with Crippen molar-refractivity contribution in [3.63, 3.8) is 0 Å². The van der Waals surface area contributed by atoms with Crippen LogP contribution in [-0.2, 0) is 17.1 Å². The number of thioether (sulfide) groups is 1. The number of anilines is 1. The number of nitrogens with two attached hydrogens (primary N) is 1. The van der Waals surface area contributed by atoms with Gasteiger partial charge in [-0.3, -0.25) is 0 Å². The van der Waals surface area contributed by atoms with Gasteiger partial charge in [-0.2, -0.15) is 0 Å². The Hall–Kier alpha value is -1.46. The fourth-order valence-electron chi connectivity index (χ4n) is 1.40. The molecule has 0 saturated carbocycles. The van der Waals surface area contributed by atoms with Gasteiger partial charge in [0.2, 0.25) is 0 Å². The van der Waals surface area contributed by atoms with Crippen molar-refractivity contribution < 1.29 is 9.26 Å². The molecule has 17 heavy (non-hydrogen) atoms. The zero-order valence-electron chi connectivity index (χ0n) is 9.55. The SMILES string of the molecule is COCc1cc(CSc2cccc(N)c2)no1. The Morgan fingerprint density at radius 2 is 2.29 bits per heavy atom. The van der Waals surface area contributed by atoms with Crippen LogP contribution < -0.4 is 5.73 Å². The molecule has 0 aliphatic carbocycles. The summed E-state index contributed by atoms with van der Waals surface area (Å²) in [6, 6.07) is 9.69. The van der Waals surface area contributed by atoms with Gasteiger partial charge in [-0.1, -0.05) is 11.2 Å². The van der Waals surface area contributed by atoms with Crippen LogP contribution >= 0.6 is 11.8 Å². The third kappa shape index (κ3) is 3.51. The lowest BCUT2D eigenvalue weighted by atomic mass is 10.3. The molecule has 2 rings (SSSR count). The molecule has 1 aromatic carbocycles. The van der Waals surface area contributed by atoms with E-state index in [2.05, 4.69) is 5.16 Å². The molecule has 1 aromatic heterocycles. The van der Waals surface area contributed by atoms with Gasteiger partial charge in [-0.15, -0.1) is 11.8 Å². The molecule has 0 spiro atoms. The van der Waals surface area contributed by atoms with Crippen molar-refractivity contribution in [1.82, 2.24) is 5.16 Å². The molecule has 0 atom stereocenters. The molecule has 0 bridgehead atoms. The van der Waals surface area contributed by atoms with Crippen LogP contribution in [0.5, 0.6) is 0 Å². The molecule has 0 fully saturated rings. The van der Waals surface area contributed by atoms with E-state index in [1.807, 2.05) is 30.3 Å². The molecule has 4 nitrogen and oxygen atoms in total. The first-order chi connectivity index (χ1) is 8.28. The molecule has 0 unspecified atom stereocenters. The van der Waals surface area contributed by atoms with Gasteiger partial charge in [0.05, 0.1) is 5.69 Å². The van der Waals surface area contributed by atoms with E-state index >= 15 is 0 Å². The third-order valence-electron chi connectivity index (χ3n) is 2.14. The Labute approximate surface area is 104 Å². The summed E-state index contributed by atoms with van der Waals surface area (Å²) in [7, 11) is 1.63. The van der Waals surface area contributed by atoms with E-state index in [4.69, 9.17) is 15.0 Å². The summed E-state index contributed by atoms with van der Waals surface area (Å²) in [4.78, 5) is 1.13. The maximum atomic E-state index is 5.71. The second-order valence-corrected chi connectivity index (χ2v) is 4.63. The minimum atomic E-state index is 0.454. The summed E-state index contributed by atoms with van der Waals surface area (Å²) in [5.74, 6) is 1.51. The van der Waals surface area contributed by atoms with Gasteiger partial charge in [-0.25, -0.2) is 0 Å². The summed E-state index contributed by atoms with van der Waals surface area (Å²) in [5, 5.41) is 3.97. The van der Waals surface area contributed by atoms with Crippen LogP contribution in [0.2, 0.25) is 0 Å². The normalized spacial score (nSPS) is 10.6. The van der Waals surface area contributed by atoms with Crippen LogP contribution in [0.4, 0.5) is 5.69 Å². The minimum absolute atomic E-state index is 0.454. The molecule has 0 amide bonds. The minimum Gasteiger partial charge on any atom is -0.399 e. The lowest BCUT2D eigenvalue weighted by Crippen LogP contribution is -1.85. The molecule has 2 N–H and O–H groups in total. The van der Waals surface area contributed by atoms with Gasteiger partial charge in [0.15, 0.2) is 5.76 Å². The summed E-state index contributed by atoms with van der Waals surface area (Å²) in [5.41, 5.74) is 7.39. The highest BCUT2D eigenvalue weighted by atomic mass is 32.2. The van der Waals surface area contributed by atoms with Gasteiger partial charge < -0.3 is 15.0 Å². The van der Waals surface area contributed by atoms with E-state index < -0.39 is 0 Å². The highest BCUT2D eigenvalue weighted by molar-refractivity contribution is 7.98. The van der Waals surface area contributed by atoms with Crippen LogP contribution in [-0.4, -0.2) is 12.3 Å². The zero-order valence-corrected chi connectivity index (χ0v) is 10.4. The molecule has 0 aliphatic rings. The quantitative estimate of drug-likeness (QED) is 0.653. The largest absolute Gasteiger partial charge is 0.399 e. The molecule has 0 saturated heterocycles. The number of hydrogen-bond donors (Lipinski definition) is 1. The first-order valence-corrected chi connectivity index (χ1v) is 6.18. The van der Waals surface area contributed by atoms with E-state index in [0.717, 1.165) is 27.8 Å². The highest BCUT2D eigenvalue weighted by Crippen LogP contribution is 2.24. The average Bonchev–Trinajstić information content (AvgIpc) is 2.75. The second-order valence-electron chi connectivity index (χ2n) is 3.58. The second kappa shape index (κ2) is 5.75. The first-order valence-electron chi connectivity index (χ1n) is 5.19. The monoisotopic (exact) mass is 250 g/mol. The van der Waals surface area contributed by atoms with Crippen molar-refractivity contribution in [2.45, 2.75) is 17.3 Å². The van der Waals surface area contributed by atoms with Gasteiger partial charge in [-0.05, 0) is 18.2 Å². The van der Waals surface area contributed by atoms with Crippen molar-refractivity contribution in [2.75, 3.05) is 12.8 Å². The summed E-state index contributed by atoms with van der Waals surface area (Å²) < 4.78 is 10.1. The number of nitrogens with zero attached hydrogens (tertiary/aromatic N) is 1. The van der Waals surface area contributed by atoms with Crippen LogP contribution in [0.25, 0.3) is 0 Å². The van der Waals surface area contributed by atoms with Crippen molar-refractivity contribution in [3.8, 4) is 0 Å². The Morgan fingerprint density at radius 1 is 1.41 bits per heavy atom. The van der Waals surface area contributed by atoms with Gasteiger partial charge >= 0.3 is 0 Å². The van der Waals surface area contributed by atoms with Crippen LogP contribution in [0.15, 0.2) is 39.8 Å². The Bertz CT molecular complexity index is 485. The molecule has 0 aliphatic heterocycles. The number of methoxy groups -OCH3 is 1. The fourth-order valence-corrected chi connectivity index (χ4v) is 2.24. The van der Waals surface area contributed by atoms with Crippen LogP contribution in [0.1, 0.15) is 11.5 Å². The lowest BCUT2D eigenvalue weighted by molar-refractivity contribution is 0.156. The third-order valence-corrected chi connectivity index (χ3v) is 3.17. The number of rotatable bonds is 5. The number of nitrogen functional groups attached to an aromatic ring is 1. The van der Waals surface area contributed by atoms with Crippen molar-refractivity contribution in [1.29, 1.82) is 0 Å². The number of hydrogen-bond acceptors (Lipinski definition) is 5. The molecular weight excluding hydrogens is 236 g/mol. The molecule has 1 heterocycles. The molecular formula is C12H14N2O2S. The predicted molar refractivity (Wildman–Crippen MR) is 67.6 cm³/mol. The molecule has 2 aromatic rings. The van der Waals surface area contributed by atoms with Crippen molar-refractivity contribution in [3.05, 3.63) is 41.8 Å². The highest BCUT2D eigenvalue weighted by Gasteiger charge is 2.04. The number of benzene rings is 1. The molecule has 90 valence electrons. The molecule has 0 radical (unpaired) electrons. The van der Waals surface area contributed by atoms with E-state index in [1.54, 1.807) is 18.9 Å². The molecule has 5 heteroatoms. The van der Waals surface area contributed by atoms with E-state index in [1.165, 1.54) is 0 Å². The van der Waals surface area contributed by atoms with Crippen LogP contribution in [0, 0.1) is 0 Å². The Morgan fingerprint density at radius 3 is 3.06 bits per heavy atom. The summed E-state index contributed by atoms with van der Waals surface area (Å²) >= 11 is 1.68. The maximum absolute atomic E-state index is 5.71. The number of aromatic nitrogens is 1. The van der Waals surface area contributed by atoms with E-state index in [0.29, 0.717) is 6.61 Å². The topological polar surface area (TPSA) is 61.3 Å². The summed E-state index contributed by atoms with van der Waals surface area (Å²) in [6.45, 7) is 0.454. The smallest absolute Gasteiger partial charge is 0.162 e. The maximum Gasteiger partial charge on any atom is 0.162 e. The van der Waals surface area contributed by atoms with E-state index in [9.17, 15) is 0 Å². The van der Waals surface area contributed by atoms with Crippen molar-refractivity contribution in [2.24, 2.45) is 0 Å². The Balaban J connectivity index is 1.93. The van der Waals surface area contributed by atoms with Crippen LogP contribution in [0.3, 0.4) is 0 Å². The standard InChI is InChI=1S/C12H14N2O2S/c1-15-7-11-6-10(14-16-11)8-17-12-4-2-3-9(13)5-12/h2-6H,7-8,13H2,1H3. The predicted octanol–water partition coefficient (Wildman–Crippen LogP) is 2.70. The summed E-state index contributed by atoms with van der Waals surface area (Å²) in [6.07, 6.45) is 0. The lowest BCUT2D eigenvalue weighted by Gasteiger charge is -1.99. The zero-order chi connectivity index (χ0) is 12.1.